The Hall–Kier alpha value is -3.32. The van der Waals surface area contributed by atoms with Gasteiger partial charge in [0.15, 0.2) is 5.78 Å². The monoisotopic (exact) mass is 376 g/mol. The lowest BCUT2D eigenvalue weighted by Crippen LogP contribution is -2.12. The van der Waals surface area contributed by atoms with Gasteiger partial charge in [0.25, 0.3) is 5.91 Å². The summed E-state index contributed by atoms with van der Waals surface area (Å²) >= 11 is 1.43. The Bertz CT molecular complexity index is 1180. The van der Waals surface area contributed by atoms with Gasteiger partial charge in [-0.1, -0.05) is 18.2 Å². The number of hydrogen-bond acceptors (Lipinski definition) is 5. The maximum atomic E-state index is 12.5. The van der Waals surface area contributed by atoms with Gasteiger partial charge in [-0.2, -0.15) is 5.10 Å². The molecule has 0 aliphatic heterocycles. The summed E-state index contributed by atoms with van der Waals surface area (Å²) in [7, 11) is 0. The second-order valence-corrected chi connectivity index (χ2v) is 7.26. The molecular formula is C20H16N4O2S. The van der Waals surface area contributed by atoms with Crippen LogP contribution in [0.2, 0.25) is 0 Å². The van der Waals surface area contributed by atoms with Gasteiger partial charge in [-0.05, 0) is 43.2 Å². The van der Waals surface area contributed by atoms with Crippen LogP contribution in [0.15, 0.2) is 48.0 Å². The number of ketones is 1. The lowest BCUT2D eigenvalue weighted by molar-refractivity contribution is 0.101. The Morgan fingerprint density at radius 2 is 2.00 bits per heavy atom. The van der Waals surface area contributed by atoms with Gasteiger partial charge in [0.2, 0.25) is 0 Å². The van der Waals surface area contributed by atoms with Crippen molar-refractivity contribution in [2.45, 2.75) is 13.8 Å². The predicted molar refractivity (Wildman–Crippen MR) is 106 cm³/mol. The summed E-state index contributed by atoms with van der Waals surface area (Å²) in [6.45, 7) is 3.40. The van der Waals surface area contributed by atoms with Crippen LogP contribution in [-0.4, -0.2) is 26.9 Å². The van der Waals surface area contributed by atoms with E-state index in [9.17, 15) is 9.59 Å². The Morgan fingerprint density at radius 1 is 1.15 bits per heavy atom. The number of hydrogen-bond donors (Lipinski definition) is 2. The summed E-state index contributed by atoms with van der Waals surface area (Å²) in [4.78, 5) is 28.5. The highest BCUT2D eigenvalue weighted by Gasteiger charge is 2.14. The van der Waals surface area contributed by atoms with E-state index in [1.165, 1.54) is 11.3 Å². The number of thiazole rings is 1. The third-order valence-electron chi connectivity index (χ3n) is 4.26. The van der Waals surface area contributed by atoms with Crippen molar-refractivity contribution >= 4 is 39.6 Å². The molecule has 2 N–H and O–H groups in total. The van der Waals surface area contributed by atoms with Gasteiger partial charge in [0.1, 0.15) is 5.69 Å². The molecule has 2 aromatic heterocycles. The van der Waals surface area contributed by atoms with Crippen LogP contribution < -0.4 is 5.32 Å². The number of aromatic nitrogens is 3. The fraction of sp³-hybridized carbons (Fsp3) is 0.100. The molecule has 4 rings (SSSR count). The van der Waals surface area contributed by atoms with Crippen molar-refractivity contribution in [1.29, 1.82) is 0 Å². The molecule has 1 amide bonds. The van der Waals surface area contributed by atoms with Crippen molar-refractivity contribution in [1.82, 2.24) is 15.2 Å². The minimum Gasteiger partial charge on any atom is -0.320 e. The Morgan fingerprint density at radius 3 is 2.74 bits per heavy atom. The molecule has 0 saturated heterocycles. The van der Waals surface area contributed by atoms with E-state index in [0.29, 0.717) is 16.9 Å². The van der Waals surface area contributed by atoms with E-state index >= 15 is 0 Å². The van der Waals surface area contributed by atoms with Crippen molar-refractivity contribution in [3.05, 3.63) is 64.2 Å². The largest absolute Gasteiger partial charge is 0.320 e. The van der Waals surface area contributed by atoms with Crippen molar-refractivity contribution in [3.8, 4) is 11.1 Å². The van der Waals surface area contributed by atoms with E-state index in [-0.39, 0.29) is 11.7 Å². The molecule has 2 heterocycles. The van der Waals surface area contributed by atoms with Crippen molar-refractivity contribution in [2.75, 3.05) is 5.32 Å². The van der Waals surface area contributed by atoms with Gasteiger partial charge in [0.05, 0.1) is 22.4 Å². The summed E-state index contributed by atoms with van der Waals surface area (Å²) in [6.07, 6.45) is 1.67. The molecule has 0 radical (unpaired) electrons. The number of H-pyrrole nitrogens is 1. The minimum absolute atomic E-state index is 0.00639. The van der Waals surface area contributed by atoms with Crippen molar-refractivity contribution in [3.63, 3.8) is 0 Å². The van der Waals surface area contributed by atoms with Crippen LogP contribution in [0, 0.1) is 6.92 Å². The average Bonchev–Trinajstić information content (AvgIpc) is 3.30. The van der Waals surface area contributed by atoms with Crippen LogP contribution in [0.1, 0.15) is 32.8 Å². The van der Waals surface area contributed by atoms with Gasteiger partial charge in [-0.3, -0.25) is 14.7 Å². The van der Waals surface area contributed by atoms with Gasteiger partial charge < -0.3 is 5.32 Å². The number of carbonyl (C=O) groups excluding carboxylic acids is 2. The quantitative estimate of drug-likeness (QED) is 0.515. The summed E-state index contributed by atoms with van der Waals surface area (Å²) in [6, 6.07) is 11.2. The van der Waals surface area contributed by atoms with E-state index < -0.39 is 0 Å². The number of nitrogens with zero attached hydrogens (tertiary/aromatic N) is 2. The average molecular weight is 376 g/mol. The molecule has 4 aromatic rings. The van der Waals surface area contributed by atoms with Gasteiger partial charge in [-0.25, -0.2) is 4.98 Å². The third-order valence-corrected chi connectivity index (χ3v) is 5.03. The number of Topliss-reactive ketones (excluding diaryl/α,β-unsaturated/α-hetero) is 1. The Labute approximate surface area is 159 Å². The molecule has 7 heteroatoms. The van der Waals surface area contributed by atoms with E-state index in [1.807, 2.05) is 37.3 Å². The van der Waals surface area contributed by atoms with E-state index in [1.54, 1.807) is 24.6 Å². The molecule has 2 aromatic carbocycles. The highest BCUT2D eigenvalue weighted by Crippen LogP contribution is 2.31. The normalized spacial score (nSPS) is 10.9. The predicted octanol–water partition coefficient (Wildman–Crippen LogP) is 4.45. The highest BCUT2D eigenvalue weighted by atomic mass is 32.1. The van der Waals surface area contributed by atoms with E-state index in [4.69, 9.17) is 0 Å². The number of aromatic amines is 1. The first-order valence-electron chi connectivity index (χ1n) is 8.33. The number of benzene rings is 2. The van der Waals surface area contributed by atoms with Crippen LogP contribution in [-0.2, 0) is 0 Å². The molecule has 0 bridgehead atoms. The molecular weight excluding hydrogens is 360 g/mol. The molecule has 0 unspecified atom stereocenters. The molecule has 0 aliphatic rings. The Balaban J connectivity index is 1.77. The first-order valence-corrected chi connectivity index (χ1v) is 9.21. The summed E-state index contributed by atoms with van der Waals surface area (Å²) in [5.41, 5.74) is 4.23. The molecule has 0 atom stereocenters. The number of aryl methyl sites for hydroxylation is 1. The maximum absolute atomic E-state index is 12.5. The number of fused-ring (bicyclic) bond motifs is 1. The molecule has 0 saturated carbocycles. The lowest BCUT2D eigenvalue weighted by Gasteiger charge is -2.09. The van der Waals surface area contributed by atoms with Crippen LogP contribution in [0.3, 0.4) is 0 Å². The fourth-order valence-corrected chi connectivity index (χ4v) is 3.49. The third kappa shape index (κ3) is 3.37. The second-order valence-electron chi connectivity index (χ2n) is 6.20. The van der Waals surface area contributed by atoms with Crippen LogP contribution in [0.4, 0.5) is 5.69 Å². The topological polar surface area (TPSA) is 87.7 Å². The van der Waals surface area contributed by atoms with Crippen LogP contribution >= 0.6 is 11.3 Å². The standard InChI is InChI=1S/C20H16N4O2S/c1-11(25)13-4-3-5-14(6-13)15-7-17(16-9-21-24-18(16)8-15)23-20(26)19-10-27-12(2)22-19/h3-10H,1-2H3,(H,21,24)(H,23,26). The highest BCUT2D eigenvalue weighted by molar-refractivity contribution is 7.09. The lowest BCUT2D eigenvalue weighted by atomic mass is 10.00. The molecule has 27 heavy (non-hydrogen) atoms. The molecule has 6 nitrogen and oxygen atoms in total. The SMILES string of the molecule is CC(=O)c1cccc(-c2cc(NC(=O)c3csc(C)n3)c3cn[nH]c3c2)c1. The minimum atomic E-state index is -0.267. The fourth-order valence-electron chi connectivity index (χ4n) is 2.89. The first-order chi connectivity index (χ1) is 13.0. The number of amides is 1. The van der Waals surface area contributed by atoms with E-state index in [2.05, 4.69) is 20.5 Å². The molecule has 134 valence electrons. The van der Waals surface area contributed by atoms with Gasteiger partial charge in [0, 0.05) is 16.3 Å². The number of rotatable bonds is 4. The molecule has 0 fully saturated rings. The summed E-state index contributed by atoms with van der Waals surface area (Å²) in [5.74, 6) is -0.261. The Kier molecular flexibility index (Phi) is 4.29. The zero-order valence-corrected chi connectivity index (χ0v) is 15.6. The number of nitrogens with one attached hydrogen (secondary N) is 2. The van der Waals surface area contributed by atoms with Gasteiger partial charge >= 0.3 is 0 Å². The number of carbonyl (C=O) groups is 2. The van der Waals surface area contributed by atoms with Crippen molar-refractivity contribution in [2.24, 2.45) is 0 Å². The smallest absolute Gasteiger partial charge is 0.275 e. The molecule has 0 aliphatic carbocycles. The van der Waals surface area contributed by atoms with Crippen molar-refractivity contribution < 1.29 is 9.59 Å². The number of anilines is 1. The van der Waals surface area contributed by atoms with Gasteiger partial charge in [-0.15, -0.1) is 11.3 Å². The molecule has 0 spiro atoms. The second kappa shape index (κ2) is 6.77. The van der Waals surface area contributed by atoms with Crippen LogP contribution in [0.5, 0.6) is 0 Å². The summed E-state index contributed by atoms with van der Waals surface area (Å²) in [5, 5.41) is 13.3. The first kappa shape index (κ1) is 17.1. The van der Waals surface area contributed by atoms with E-state index in [0.717, 1.165) is 27.0 Å². The summed E-state index contributed by atoms with van der Waals surface area (Å²) < 4.78 is 0. The zero-order chi connectivity index (χ0) is 19.0. The van der Waals surface area contributed by atoms with Crippen LogP contribution in [0.25, 0.3) is 22.0 Å². The zero-order valence-electron chi connectivity index (χ0n) is 14.7. The maximum Gasteiger partial charge on any atom is 0.275 e.